The molecule has 0 aromatic carbocycles. The highest BCUT2D eigenvalue weighted by Crippen LogP contribution is 2.28. The van der Waals surface area contributed by atoms with E-state index in [0.29, 0.717) is 17.2 Å². The maximum absolute atomic E-state index is 12.3. The molecule has 0 atom stereocenters. The maximum Gasteiger partial charge on any atom is 0.250 e. The Morgan fingerprint density at radius 3 is 2.56 bits per heavy atom. The monoisotopic (exact) mass is 393 g/mol. The predicted molar refractivity (Wildman–Crippen MR) is 103 cm³/mol. The van der Waals surface area contributed by atoms with Crippen LogP contribution in [0, 0.1) is 6.92 Å². The summed E-state index contributed by atoms with van der Waals surface area (Å²) < 4.78 is 27.8. The molecule has 0 saturated heterocycles. The Hall–Kier alpha value is -1.61. The third kappa shape index (κ3) is 4.33. The van der Waals surface area contributed by atoms with Gasteiger partial charge in [0.25, 0.3) is 0 Å². The Morgan fingerprint density at radius 1 is 1.12 bits per heavy atom. The van der Waals surface area contributed by atoms with Gasteiger partial charge in [0, 0.05) is 34.3 Å². The molecule has 0 aliphatic rings. The number of pyridine rings is 1. The number of thiophene rings is 1. The maximum atomic E-state index is 12.3. The molecule has 3 heterocycles. The molecule has 0 amide bonds. The van der Waals surface area contributed by atoms with Crippen molar-refractivity contribution in [1.29, 1.82) is 0 Å². The van der Waals surface area contributed by atoms with E-state index in [1.165, 1.54) is 11.3 Å². The molecule has 0 saturated carbocycles. The quantitative estimate of drug-likeness (QED) is 0.665. The van der Waals surface area contributed by atoms with Gasteiger partial charge in [-0.3, -0.25) is 4.98 Å². The van der Waals surface area contributed by atoms with Gasteiger partial charge in [-0.05, 0) is 44.0 Å². The first-order valence-corrected chi connectivity index (χ1v) is 11.1. The second-order valence-electron chi connectivity index (χ2n) is 5.49. The lowest BCUT2D eigenvalue weighted by Gasteiger charge is -2.04. The highest BCUT2D eigenvalue weighted by Gasteiger charge is 2.17. The largest absolute Gasteiger partial charge is 0.265 e. The van der Waals surface area contributed by atoms with Crippen LogP contribution >= 0.6 is 22.7 Å². The number of nitrogens with one attached hydrogen (secondary N) is 1. The fraction of sp³-hybridized carbons (Fsp3) is 0.294. The van der Waals surface area contributed by atoms with Gasteiger partial charge in [-0.2, -0.15) is 0 Å². The Balaban J connectivity index is 1.65. The minimum absolute atomic E-state index is 0.362. The summed E-state index contributed by atoms with van der Waals surface area (Å²) in [6.45, 7) is 4.33. The number of hydrogen-bond acceptors (Lipinski definition) is 6. The van der Waals surface area contributed by atoms with Crippen molar-refractivity contribution >= 4 is 32.7 Å². The minimum atomic E-state index is -3.43. The van der Waals surface area contributed by atoms with E-state index >= 15 is 0 Å². The number of thiazole rings is 1. The highest BCUT2D eigenvalue weighted by atomic mass is 32.2. The summed E-state index contributed by atoms with van der Waals surface area (Å²) in [6, 6.07) is 7.39. The lowest BCUT2D eigenvalue weighted by Crippen LogP contribution is -2.25. The van der Waals surface area contributed by atoms with Gasteiger partial charge in [0.2, 0.25) is 10.0 Å². The third-order valence-corrected chi connectivity index (χ3v) is 8.16. The normalized spacial score (nSPS) is 11.8. The number of sulfonamides is 1. The number of aryl methyl sites for hydroxylation is 2. The van der Waals surface area contributed by atoms with E-state index in [0.717, 1.165) is 32.4 Å². The van der Waals surface area contributed by atoms with Crippen LogP contribution in [0.3, 0.4) is 0 Å². The summed E-state index contributed by atoms with van der Waals surface area (Å²) in [4.78, 5) is 10.8. The van der Waals surface area contributed by atoms with Gasteiger partial charge < -0.3 is 0 Å². The van der Waals surface area contributed by atoms with Gasteiger partial charge in [-0.25, -0.2) is 18.1 Å². The number of nitrogens with zero attached hydrogens (tertiary/aromatic N) is 2. The molecule has 0 spiro atoms. The molecule has 25 heavy (non-hydrogen) atoms. The van der Waals surface area contributed by atoms with E-state index in [9.17, 15) is 8.42 Å². The van der Waals surface area contributed by atoms with Crippen molar-refractivity contribution in [2.75, 3.05) is 6.54 Å². The van der Waals surface area contributed by atoms with Crippen LogP contribution in [-0.2, 0) is 22.9 Å². The van der Waals surface area contributed by atoms with Gasteiger partial charge in [-0.15, -0.1) is 22.7 Å². The summed E-state index contributed by atoms with van der Waals surface area (Å²) in [5.74, 6) is 0. The Kier molecular flexibility index (Phi) is 5.63. The van der Waals surface area contributed by atoms with Gasteiger partial charge in [0.15, 0.2) is 0 Å². The van der Waals surface area contributed by atoms with E-state index in [4.69, 9.17) is 0 Å². The van der Waals surface area contributed by atoms with Crippen molar-refractivity contribution < 1.29 is 8.42 Å². The number of hydrogen-bond donors (Lipinski definition) is 1. The molecule has 3 rings (SSSR count). The molecular weight excluding hydrogens is 374 g/mol. The van der Waals surface area contributed by atoms with Crippen LogP contribution in [0.2, 0.25) is 0 Å². The number of aromatic nitrogens is 2. The zero-order valence-electron chi connectivity index (χ0n) is 14.0. The van der Waals surface area contributed by atoms with Gasteiger partial charge >= 0.3 is 0 Å². The van der Waals surface area contributed by atoms with Gasteiger partial charge in [0.1, 0.15) is 9.22 Å². The average Bonchev–Trinajstić information content (AvgIpc) is 3.23. The fourth-order valence-corrected chi connectivity index (χ4v) is 5.78. The second-order valence-corrected chi connectivity index (χ2v) is 9.73. The van der Waals surface area contributed by atoms with Crippen molar-refractivity contribution in [3.8, 4) is 10.6 Å². The topological polar surface area (TPSA) is 72.0 Å². The van der Waals surface area contributed by atoms with E-state index < -0.39 is 10.0 Å². The molecule has 0 radical (unpaired) electrons. The zero-order chi connectivity index (χ0) is 17.9. The Morgan fingerprint density at radius 2 is 1.88 bits per heavy atom. The fourth-order valence-electron chi connectivity index (χ4n) is 2.34. The van der Waals surface area contributed by atoms with Crippen LogP contribution in [-0.4, -0.2) is 24.9 Å². The van der Waals surface area contributed by atoms with E-state index in [1.807, 2.05) is 32.0 Å². The molecule has 1 N–H and O–H groups in total. The Labute approximate surface area is 155 Å². The highest BCUT2D eigenvalue weighted by molar-refractivity contribution is 7.91. The summed E-state index contributed by atoms with van der Waals surface area (Å²) in [5, 5.41) is 0.934. The lowest BCUT2D eigenvalue weighted by molar-refractivity contribution is 0.584. The van der Waals surface area contributed by atoms with Crippen molar-refractivity contribution in [2.24, 2.45) is 0 Å². The van der Waals surface area contributed by atoms with Crippen molar-refractivity contribution in [2.45, 2.75) is 30.9 Å². The van der Waals surface area contributed by atoms with Crippen LogP contribution in [0.1, 0.15) is 22.4 Å². The van der Waals surface area contributed by atoms with Crippen molar-refractivity contribution in [3.05, 3.63) is 52.1 Å². The van der Waals surface area contributed by atoms with Crippen LogP contribution in [0.25, 0.3) is 10.6 Å². The van der Waals surface area contributed by atoms with Crippen molar-refractivity contribution in [1.82, 2.24) is 14.7 Å². The predicted octanol–water partition coefficient (Wildman–Crippen LogP) is 3.66. The zero-order valence-corrected chi connectivity index (χ0v) is 16.5. The van der Waals surface area contributed by atoms with E-state index in [1.54, 1.807) is 29.8 Å². The number of rotatable bonds is 7. The molecule has 3 aromatic rings. The second kappa shape index (κ2) is 7.74. The standard InChI is InChI=1S/C17H19N3O2S3/c1-3-14-4-5-16(23-14)25(21,22)19-11-8-15-12(2)20-17(24-15)13-6-9-18-10-7-13/h4-7,9-10,19H,3,8,11H2,1-2H3. The van der Waals surface area contributed by atoms with E-state index in [-0.39, 0.29) is 0 Å². The molecular formula is C17H19N3O2S3. The Bertz CT molecular complexity index is 947. The molecule has 0 bridgehead atoms. The lowest BCUT2D eigenvalue weighted by atomic mass is 10.3. The first-order valence-electron chi connectivity index (χ1n) is 7.94. The molecule has 0 aliphatic carbocycles. The van der Waals surface area contributed by atoms with Gasteiger partial charge in [-0.1, -0.05) is 6.92 Å². The smallest absolute Gasteiger partial charge is 0.250 e. The summed E-state index contributed by atoms with van der Waals surface area (Å²) in [7, 11) is -3.43. The molecule has 0 fully saturated rings. The minimum Gasteiger partial charge on any atom is -0.265 e. The van der Waals surface area contributed by atoms with Gasteiger partial charge in [0.05, 0.1) is 5.69 Å². The molecule has 5 nitrogen and oxygen atoms in total. The average molecular weight is 394 g/mol. The van der Waals surface area contributed by atoms with Crippen molar-refractivity contribution in [3.63, 3.8) is 0 Å². The summed E-state index contributed by atoms with van der Waals surface area (Å²) >= 11 is 2.92. The first kappa shape index (κ1) is 18.2. The van der Waals surface area contributed by atoms with Crippen LogP contribution in [0.4, 0.5) is 0 Å². The van der Waals surface area contributed by atoms with Crippen LogP contribution in [0.5, 0.6) is 0 Å². The summed E-state index contributed by atoms with van der Waals surface area (Å²) in [6.07, 6.45) is 4.95. The first-order chi connectivity index (χ1) is 12.0. The molecule has 0 unspecified atom stereocenters. The molecule has 0 aliphatic heterocycles. The summed E-state index contributed by atoms with van der Waals surface area (Å²) in [5.41, 5.74) is 1.97. The van der Waals surface area contributed by atoms with Crippen LogP contribution in [0.15, 0.2) is 40.9 Å². The SMILES string of the molecule is CCc1ccc(S(=O)(=O)NCCc2sc(-c3ccncc3)nc2C)s1. The molecule has 8 heteroatoms. The van der Waals surface area contributed by atoms with Crippen LogP contribution < -0.4 is 4.72 Å². The molecule has 3 aromatic heterocycles. The van der Waals surface area contributed by atoms with E-state index in [2.05, 4.69) is 14.7 Å². The molecule has 132 valence electrons. The third-order valence-electron chi connectivity index (χ3n) is 3.71.